The van der Waals surface area contributed by atoms with Crippen LogP contribution in [-0.2, 0) is 11.8 Å². The largest absolute Gasteiger partial charge is 0.508 e. The number of aromatic hydroxyl groups is 2. The molecule has 3 aromatic rings. The molecule has 1 amide bonds. The maximum absolute atomic E-state index is 12.4. The minimum absolute atomic E-state index is 0.0198. The summed E-state index contributed by atoms with van der Waals surface area (Å²) in [5.74, 6) is -2.89. The van der Waals surface area contributed by atoms with Gasteiger partial charge >= 0.3 is 5.97 Å². The molecule has 0 spiro atoms. The molecule has 3 rings (SSSR count). The zero-order chi connectivity index (χ0) is 19.0. The van der Waals surface area contributed by atoms with Gasteiger partial charge in [0, 0.05) is 12.6 Å². The van der Waals surface area contributed by atoms with E-state index in [-0.39, 0.29) is 11.3 Å². The Balaban J connectivity index is 2.17. The number of nitrogens with one attached hydrogen (secondary N) is 1. The van der Waals surface area contributed by atoms with Gasteiger partial charge in [-0.3, -0.25) is 14.4 Å². The third-order valence-electron chi connectivity index (χ3n) is 3.73. The van der Waals surface area contributed by atoms with E-state index < -0.39 is 35.3 Å². The molecule has 0 aliphatic heterocycles. The van der Waals surface area contributed by atoms with Crippen LogP contribution in [0.3, 0.4) is 0 Å². The quantitative estimate of drug-likeness (QED) is 0.510. The number of nitrogens with zero attached hydrogens (tertiary/aromatic N) is 3. The van der Waals surface area contributed by atoms with Gasteiger partial charge in [-0.25, -0.2) is 4.68 Å². The fraction of sp³-hybridized carbons (Fsp3) is 0.125. The summed E-state index contributed by atoms with van der Waals surface area (Å²) in [5.41, 5.74) is -0.454. The number of aromatic nitrogens is 3. The predicted octanol–water partition coefficient (Wildman–Crippen LogP) is -0.0744. The van der Waals surface area contributed by atoms with E-state index >= 15 is 0 Å². The van der Waals surface area contributed by atoms with Crippen LogP contribution in [0.15, 0.2) is 35.1 Å². The minimum atomic E-state index is -1.29. The summed E-state index contributed by atoms with van der Waals surface area (Å²) in [4.78, 5) is 35.1. The molecule has 0 saturated heterocycles. The molecule has 0 aliphatic carbocycles. The monoisotopic (exact) mass is 358 g/mol. The molecule has 0 fully saturated rings. The average Bonchev–Trinajstić information content (AvgIpc) is 3.04. The number of amides is 1. The number of phenolic OH excluding ortho intramolecular Hbond substituents is 1. The molecule has 0 atom stereocenters. The first kappa shape index (κ1) is 17.0. The van der Waals surface area contributed by atoms with E-state index in [1.165, 1.54) is 25.2 Å². The van der Waals surface area contributed by atoms with E-state index in [1.807, 2.05) is 5.32 Å². The van der Waals surface area contributed by atoms with Crippen molar-refractivity contribution in [1.29, 1.82) is 0 Å². The highest BCUT2D eigenvalue weighted by Gasteiger charge is 2.23. The topological polar surface area (TPSA) is 146 Å². The zero-order valence-corrected chi connectivity index (χ0v) is 13.5. The molecule has 134 valence electrons. The van der Waals surface area contributed by atoms with Crippen molar-refractivity contribution in [3.8, 4) is 22.8 Å². The average molecular weight is 358 g/mol. The lowest BCUT2D eigenvalue weighted by Crippen LogP contribution is -2.36. The van der Waals surface area contributed by atoms with Gasteiger partial charge in [-0.15, -0.1) is 0 Å². The second-order valence-corrected chi connectivity index (χ2v) is 5.48. The number of hydrogen-bond donors (Lipinski definition) is 4. The van der Waals surface area contributed by atoms with Crippen LogP contribution < -0.4 is 10.9 Å². The van der Waals surface area contributed by atoms with Gasteiger partial charge < -0.3 is 20.6 Å². The lowest BCUT2D eigenvalue weighted by Gasteiger charge is -2.09. The summed E-state index contributed by atoms with van der Waals surface area (Å²) in [6.45, 7) is -0.694. The van der Waals surface area contributed by atoms with Crippen LogP contribution in [0.25, 0.3) is 16.8 Å². The minimum Gasteiger partial charge on any atom is -0.508 e. The summed E-state index contributed by atoms with van der Waals surface area (Å²) < 4.78 is 2.13. The van der Waals surface area contributed by atoms with Gasteiger partial charge in [-0.2, -0.15) is 9.73 Å². The fourth-order valence-electron chi connectivity index (χ4n) is 2.50. The predicted molar refractivity (Wildman–Crippen MR) is 89.2 cm³/mol. The number of phenols is 1. The highest BCUT2D eigenvalue weighted by Crippen LogP contribution is 2.27. The first-order chi connectivity index (χ1) is 12.3. The van der Waals surface area contributed by atoms with Gasteiger partial charge in [0.2, 0.25) is 0 Å². The van der Waals surface area contributed by atoms with Crippen LogP contribution in [0.2, 0.25) is 0 Å². The summed E-state index contributed by atoms with van der Waals surface area (Å²) in [6, 6.07) is 7.67. The molecule has 4 N–H and O–H groups in total. The van der Waals surface area contributed by atoms with Gasteiger partial charge in [0.05, 0.1) is 5.69 Å². The number of aliphatic carboxylic acids is 1. The molecule has 10 nitrogen and oxygen atoms in total. The van der Waals surface area contributed by atoms with E-state index in [0.29, 0.717) is 11.3 Å². The zero-order valence-electron chi connectivity index (χ0n) is 13.5. The van der Waals surface area contributed by atoms with Crippen LogP contribution >= 0.6 is 0 Å². The van der Waals surface area contributed by atoms with Crippen molar-refractivity contribution in [2.24, 2.45) is 7.05 Å². The Morgan fingerprint density at radius 2 is 1.96 bits per heavy atom. The molecular formula is C16H14N4O6. The number of fused-ring (bicyclic) bond motifs is 1. The molecule has 0 bridgehead atoms. The molecule has 0 aliphatic rings. The van der Waals surface area contributed by atoms with Crippen molar-refractivity contribution in [3.05, 3.63) is 46.2 Å². The Bertz CT molecular complexity index is 1100. The van der Waals surface area contributed by atoms with Crippen molar-refractivity contribution in [1.82, 2.24) is 19.7 Å². The smallest absolute Gasteiger partial charge is 0.322 e. The molecule has 0 radical (unpaired) electrons. The molecule has 10 heteroatoms. The molecule has 26 heavy (non-hydrogen) atoms. The molecule has 0 unspecified atom stereocenters. The lowest BCUT2D eigenvalue weighted by atomic mass is 10.1. The number of hydrogen-bond acceptors (Lipinski definition) is 6. The SMILES string of the molecule is Cn1c(=O)c(C(=O)NCC(=O)O)c(O)c2cc(-c3cccc(O)c3)nn21. The highest BCUT2D eigenvalue weighted by atomic mass is 16.4. The number of carbonyl (C=O) groups excluding carboxylic acids is 1. The first-order valence-electron chi connectivity index (χ1n) is 7.41. The van der Waals surface area contributed by atoms with Crippen LogP contribution in [-0.4, -0.2) is 48.2 Å². The number of benzene rings is 1. The molecule has 2 aromatic heterocycles. The molecule has 2 heterocycles. The Morgan fingerprint density at radius 1 is 1.23 bits per heavy atom. The van der Waals surface area contributed by atoms with Gasteiger partial charge in [0.25, 0.3) is 11.5 Å². The summed E-state index contributed by atoms with van der Waals surface area (Å²) in [5, 5.41) is 34.8. The van der Waals surface area contributed by atoms with Crippen molar-refractivity contribution in [2.45, 2.75) is 0 Å². The van der Waals surface area contributed by atoms with E-state index in [2.05, 4.69) is 5.10 Å². The van der Waals surface area contributed by atoms with E-state index in [1.54, 1.807) is 12.1 Å². The maximum Gasteiger partial charge on any atom is 0.322 e. The summed E-state index contributed by atoms with van der Waals surface area (Å²) >= 11 is 0. The van der Waals surface area contributed by atoms with Gasteiger partial charge in [0.15, 0.2) is 11.3 Å². The third kappa shape index (κ3) is 2.83. The lowest BCUT2D eigenvalue weighted by molar-refractivity contribution is -0.135. The Morgan fingerprint density at radius 3 is 2.62 bits per heavy atom. The van der Waals surface area contributed by atoms with Gasteiger partial charge in [-0.05, 0) is 18.2 Å². The number of carboxylic acids is 1. The van der Waals surface area contributed by atoms with Crippen molar-refractivity contribution in [2.75, 3.05) is 6.54 Å². The van der Waals surface area contributed by atoms with Crippen molar-refractivity contribution >= 4 is 17.4 Å². The van der Waals surface area contributed by atoms with Crippen LogP contribution in [0.4, 0.5) is 0 Å². The second-order valence-electron chi connectivity index (χ2n) is 5.48. The molecular weight excluding hydrogens is 344 g/mol. The molecule has 0 saturated carbocycles. The van der Waals surface area contributed by atoms with Crippen molar-refractivity contribution in [3.63, 3.8) is 0 Å². The number of carboxylic acid groups (broad SMARTS) is 1. The van der Waals surface area contributed by atoms with Gasteiger partial charge in [-0.1, -0.05) is 12.1 Å². The molecule has 1 aromatic carbocycles. The van der Waals surface area contributed by atoms with Gasteiger partial charge in [0.1, 0.15) is 17.8 Å². The standard InChI is InChI=1S/C16H14N4O6/c1-19-16(26)13(15(25)17-7-12(22)23)14(24)11-6-10(18-20(11)19)8-3-2-4-9(21)5-8/h2-6,21,24H,7H2,1H3,(H,17,25)(H,22,23). The van der Waals surface area contributed by atoms with E-state index in [4.69, 9.17) is 5.11 Å². The Kier molecular flexibility index (Phi) is 4.08. The second kappa shape index (κ2) is 6.24. The van der Waals surface area contributed by atoms with Crippen molar-refractivity contribution < 1.29 is 24.9 Å². The Hall–Kier alpha value is -3.82. The van der Waals surface area contributed by atoms with E-state index in [9.17, 15) is 24.6 Å². The summed E-state index contributed by atoms with van der Waals surface area (Å²) in [7, 11) is 1.35. The van der Waals surface area contributed by atoms with Crippen LogP contribution in [0.1, 0.15) is 10.4 Å². The first-order valence-corrected chi connectivity index (χ1v) is 7.41. The summed E-state index contributed by atoms with van der Waals surface area (Å²) in [6.07, 6.45) is 0. The number of carbonyl (C=O) groups is 2. The van der Waals surface area contributed by atoms with E-state index in [0.717, 1.165) is 9.31 Å². The maximum atomic E-state index is 12.4. The van der Waals surface area contributed by atoms with Crippen LogP contribution in [0, 0.1) is 0 Å². The third-order valence-corrected chi connectivity index (χ3v) is 3.73. The normalized spacial score (nSPS) is 10.8. The number of rotatable bonds is 4. The Labute approximate surface area is 145 Å². The van der Waals surface area contributed by atoms with Crippen LogP contribution in [0.5, 0.6) is 11.5 Å². The highest BCUT2D eigenvalue weighted by molar-refractivity contribution is 5.99. The fourth-order valence-corrected chi connectivity index (χ4v) is 2.50. The number of aryl methyl sites for hydroxylation is 1.